The third-order valence-electron chi connectivity index (χ3n) is 8.59. The van der Waals surface area contributed by atoms with Crippen LogP contribution in [0.2, 0.25) is 0 Å². The zero-order valence-corrected chi connectivity index (χ0v) is 26.1. The molecule has 0 bridgehead atoms. The van der Waals surface area contributed by atoms with Gasteiger partial charge in [-0.15, -0.1) is 0 Å². The summed E-state index contributed by atoms with van der Waals surface area (Å²) in [6, 6.07) is 2.93. The predicted octanol–water partition coefficient (Wildman–Crippen LogP) is 6.36. The van der Waals surface area contributed by atoms with Gasteiger partial charge in [-0.25, -0.2) is 12.8 Å². The molecular formula is C32H48FN3O3S. The van der Waals surface area contributed by atoms with Crippen LogP contribution in [0.4, 0.5) is 4.39 Å². The van der Waals surface area contributed by atoms with Crippen LogP contribution >= 0.6 is 0 Å². The van der Waals surface area contributed by atoms with Crippen LogP contribution in [0.5, 0.6) is 0 Å². The molecule has 1 aromatic carbocycles. The van der Waals surface area contributed by atoms with E-state index in [1.54, 1.807) is 33.0 Å². The number of rotatable bonds is 10. The van der Waals surface area contributed by atoms with Gasteiger partial charge in [-0.05, 0) is 86.8 Å². The highest BCUT2D eigenvalue weighted by atomic mass is 32.2. The molecule has 0 saturated heterocycles. The maximum absolute atomic E-state index is 15.1. The summed E-state index contributed by atoms with van der Waals surface area (Å²) in [6.45, 7) is 10.9. The number of allylic oxidation sites excluding steroid dienone is 1. The Balaban J connectivity index is 2.14. The fourth-order valence-corrected chi connectivity index (χ4v) is 6.79. The number of amides is 1. The van der Waals surface area contributed by atoms with Gasteiger partial charge in [0, 0.05) is 18.8 Å². The van der Waals surface area contributed by atoms with Gasteiger partial charge in [0.1, 0.15) is 5.82 Å². The van der Waals surface area contributed by atoms with Gasteiger partial charge >= 0.3 is 0 Å². The van der Waals surface area contributed by atoms with Crippen molar-refractivity contribution in [3.05, 3.63) is 64.3 Å². The molecule has 3 rings (SSSR count). The Bertz CT molecular complexity index is 1280. The molecule has 1 saturated carbocycles. The van der Waals surface area contributed by atoms with Crippen molar-refractivity contribution in [3.63, 3.8) is 0 Å². The average molecular weight is 574 g/mol. The fourth-order valence-electron chi connectivity index (χ4n) is 6.05. The van der Waals surface area contributed by atoms with Crippen molar-refractivity contribution in [2.45, 2.75) is 104 Å². The first-order chi connectivity index (χ1) is 18.7. The van der Waals surface area contributed by atoms with Crippen molar-refractivity contribution in [1.29, 1.82) is 0 Å². The van der Waals surface area contributed by atoms with Gasteiger partial charge in [0.05, 0.1) is 16.5 Å². The molecule has 8 heteroatoms. The first-order valence-corrected chi connectivity index (χ1v) is 16.1. The summed E-state index contributed by atoms with van der Waals surface area (Å²) in [6.07, 6.45) is 13.6. The molecular weight excluding hydrogens is 525 g/mol. The van der Waals surface area contributed by atoms with Gasteiger partial charge in [0.2, 0.25) is 15.9 Å². The molecule has 222 valence electrons. The lowest BCUT2D eigenvalue weighted by Crippen LogP contribution is -2.41. The van der Waals surface area contributed by atoms with Crippen molar-refractivity contribution in [3.8, 4) is 0 Å². The van der Waals surface area contributed by atoms with Crippen LogP contribution in [-0.4, -0.2) is 37.1 Å². The fraction of sp³-hybridized carbons (Fsp3) is 0.594. The highest BCUT2D eigenvalue weighted by molar-refractivity contribution is 7.91. The van der Waals surface area contributed by atoms with Crippen molar-refractivity contribution >= 4 is 21.5 Å². The number of sulfonamides is 1. The van der Waals surface area contributed by atoms with E-state index in [-0.39, 0.29) is 11.9 Å². The lowest BCUT2D eigenvalue weighted by atomic mass is 9.74. The summed E-state index contributed by atoms with van der Waals surface area (Å²) in [5.41, 5.74) is 9.70. The molecule has 1 heterocycles. The number of carbonyl (C=O) groups excluding carboxylic acids is 1. The molecule has 3 N–H and O–H groups in total. The molecule has 0 aromatic heterocycles. The SMILES string of the molecule is CCc1cc(C)c(C(C(N)=O)=C(CC(CC)C2CCCCC2)C2C=CC(NS(=O)(=O)C(C)(C)C)=CN2C)cc1F. The molecule has 40 heavy (non-hydrogen) atoms. The predicted molar refractivity (Wildman–Crippen MR) is 162 cm³/mol. The summed E-state index contributed by atoms with van der Waals surface area (Å²) in [4.78, 5) is 15.1. The Morgan fingerprint density at radius 1 is 1.18 bits per heavy atom. The van der Waals surface area contributed by atoms with Gasteiger partial charge in [0.25, 0.3) is 0 Å². The van der Waals surface area contributed by atoms with E-state index >= 15 is 4.39 Å². The van der Waals surface area contributed by atoms with Crippen molar-refractivity contribution in [2.24, 2.45) is 17.6 Å². The van der Waals surface area contributed by atoms with Crippen molar-refractivity contribution < 1.29 is 17.6 Å². The van der Waals surface area contributed by atoms with Gasteiger partial charge in [-0.1, -0.05) is 64.5 Å². The minimum absolute atomic E-state index is 0.337. The monoisotopic (exact) mass is 573 g/mol. The van der Waals surface area contributed by atoms with E-state index in [9.17, 15) is 13.2 Å². The Labute approximate surface area is 241 Å². The maximum atomic E-state index is 15.1. The number of nitrogens with zero attached hydrogens (tertiary/aromatic N) is 1. The van der Waals surface area contributed by atoms with E-state index in [4.69, 9.17) is 5.73 Å². The molecule has 1 aliphatic carbocycles. The number of hydrogen-bond donors (Lipinski definition) is 2. The Morgan fingerprint density at radius 2 is 1.82 bits per heavy atom. The molecule has 1 aromatic rings. The van der Waals surface area contributed by atoms with E-state index in [0.29, 0.717) is 47.1 Å². The standard InChI is InChI=1S/C32H48FN3O3S/c1-8-22(24-13-11-10-12-14-24)18-27(30(31(34)37)26-19-28(33)23(9-2)17-21(26)3)29-16-15-25(20-36(29)7)35-40(38,39)32(4,5)6/h15-17,19-20,22,24,29,35H,8-14,18H2,1-7H3,(H2,34,37). The van der Waals surface area contributed by atoms with Crippen molar-refractivity contribution in [2.75, 3.05) is 7.05 Å². The number of nitrogens with one attached hydrogen (secondary N) is 1. The van der Waals surface area contributed by atoms with Crippen LogP contribution in [0.25, 0.3) is 5.57 Å². The molecule has 1 amide bonds. The van der Waals surface area contributed by atoms with Gasteiger partial charge in [0.15, 0.2) is 0 Å². The molecule has 0 radical (unpaired) electrons. The van der Waals surface area contributed by atoms with Gasteiger partial charge < -0.3 is 10.6 Å². The average Bonchev–Trinajstić information content (AvgIpc) is 2.87. The molecule has 6 nitrogen and oxygen atoms in total. The number of halogens is 1. The Hall–Kier alpha value is -2.61. The first-order valence-electron chi connectivity index (χ1n) is 14.7. The smallest absolute Gasteiger partial charge is 0.249 e. The highest BCUT2D eigenvalue weighted by Crippen LogP contribution is 2.40. The van der Waals surface area contributed by atoms with Crippen LogP contribution in [0.15, 0.2) is 41.8 Å². The minimum Gasteiger partial charge on any atom is -0.368 e. The second-order valence-electron chi connectivity index (χ2n) is 12.4. The second-order valence-corrected chi connectivity index (χ2v) is 14.9. The van der Waals surface area contributed by atoms with E-state index in [1.165, 1.54) is 38.2 Å². The third kappa shape index (κ3) is 7.17. The van der Waals surface area contributed by atoms with Crippen LogP contribution < -0.4 is 10.5 Å². The van der Waals surface area contributed by atoms with Crippen LogP contribution in [-0.2, 0) is 21.2 Å². The third-order valence-corrected chi connectivity index (χ3v) is 10.7. The largest absolute Gasteiger partial charge is 0.368 e. The lowest BCUT2D eigenvalue weighted by molar-refractivity contribution is -0.112. The van der Waals surface area contributed by atoms with Crippen LogP contribution in [0, 0.1) is 24.6 Å². The number of nitrogens with two attached hydrogens (primary N) is 1. The number of aryl methyl sites for hydroxylation is 2. The number of likely N-dealkylation sites (N-methyl/N-ethyl adjacent to an activating group) is 1. The molecule has 2 aliphatic rings. The maximum Gasteiger partial charge on any atom is 0.249 e. The molecule has 0 spiro atoms. The zero-order valence-electron chi connectivity index (χ0n) is 25.3. The summed E-state index contributed by atoms with van der Waals surface area (Å²) in [5, 5.41) is 0. The van der Waals surface area contributed by atoms with E-state index in [1.807, 2.05) is 37.9 Å². The van der Waals surface area contributed by atoms with E-state index in [0.717, 1.165) is 17.6 Å². The summed E-state index contributed by atoms with van der Waals surface area (Å²) >= 11 is 0. The normalized spacial score (nSPS) is 20.1. The topological polar surface area (TPSA) is 92.5 Å². The quantitative estimate of drug-likeness (QED) is 0.319. The first kappa shape index (κ1) is 31.9. The van der Waals surface area contributed by atoms with Gasteiger partial charge in [-0.2, -0.15) is 0 Å². The second kappa shape index (κ2) is 12.9. The van der Waals surface area contributed by atoms with Crippen LogP contribution in [0.1, 0.15) is 96.3 Å². The van der Waals surface area contributed by atoms with Crippen molar-refractivity contribution in [1.82, 2.24) is 9.62 Å². The summed E-state index contributed by atoms with van der Waals surface area (Å²) in [5.74, 6) is -0.000807. The summed E-state index contributed by atoms with van der Waals surface area (Å²) in [7, 11) is -1.74. The lowest BCUT2D eigenvalue weighted by Gasteiger charge is -2.36. The molecule has 2 atom stereocenters. The number of hydrogen-bond acceptors (Lipinski definition) is 4. The number of primary amides is 1. The minimum atomic E-state index is -3.61. The molecule has 2 unspecified atom stereocenters. The highest BCUT2D eigenvalue weighted by Gasteiger charge is 2.33. The number of carbonyl (C=O) groups is 1. The Kier molecular flexibility index (Phi) is 10.3. The molecule has 1 fully saturated rings. The Morgan fingerprint density at radius 3 is 2.35 bits per heavy atom. The van der Waals surface area contributed by atoms with E-state index in [2.05, 4.69) is 11.6 Å². The molecule has 1 aliphatic heterocycles. The van der Waals surface area contributed by atoms with Gasteiger partial charge in [-0.3, -0.25) is 9.52 Å². The summed E-state index contributed by atoms with van der Waals surface area (Å²) < 4.78 is 42.4. The zero-order chi connectivity index (χ0) is 29.8. The van der Waals surface area contributed by atoms with Crippen LogP contribution in [0.3, 0.4) is 0 Å². The van der Waals surface area contributed by atoms with E-state index < -0.39 is 20.7 Å². The number of benzene rings is 1.